The van der Waals surface area contributed by atoms with E-state index in [4.69, 9.17) is 4.74 Å². The number of hydrogen-bond acceptors (Lipinski definition) is 3. The summed E-state index contributed by atoms with van der Waals surface area (Å²) in [5.41, 5.74) is 4.82. The fourth-order valence-corrected chi connectivity index (χ4v) is 3.79. The quantitative estimate of drug-likeness (QED) is 0.802. The Morgan fingerprint density at radius 1 is 1.00 bits per heavy atom. The molecule has 0 saturated carbocycles. The van der Waals surface area contributed by atoms with Crippen molar-refractivity contribution in [3.05, 3.63) is 95.1 Å². The van der Waals surface area contributed by atoms with E-state index in [1.807, 2.05) is 18.2 Å². The average molecular weight is 329 g/mol. The van der Waals surface area contributed by atoms with Crippen LogP contribution in [-0.2, 0) is 14.9 Å². The maximum absolute atomic E-state index is 11.9. The van der Waals surface area contributed by atoms with Crippen LogP contribution in [0.15, 0.2) is 89.0 Å². The molecule has 0 N–H and O–H groups in total. The third kappa shape index (κ3) is 2.52. The van der Waals surface area contributed by atoms with Gasteiger partial charge in [-0.2, -0.15) is 0 Å². The summed E-state index contributed by atoms with van der Waals surface area (Å²) in [6.07, 6.45) is 5.07. The average Bonchev–Trinajstić information content (AvgIpc) is 3.11. The van der Waals surface area contributed by atoms with E-state index in [0.717, 1.165) is 12.0 Å². The van der Waals surface area contributed by atoms with Gasteiger partial charge in [-0.3, -0.25) is 4.99 Å². The lowest BCUT2D eigenvalue weighted by molar-refractivity contribution is -0.132. The van der Waals surface area contributed by atoms with Crippen molar-refractivity contribution in [2.45, 2.75) is 11.8 Å². The van der Waals surface area contributed by atoms with Gasteiger partial charge in [0.1, 0.15) is 0 Å². The first-order chi connectivity index (χ1) is 12.2. The normalized spacial score (nSPS) is 17.9. The van der Waals surface area contributed by atoms with E-state index >= 15 is 0 Å². The van der Waals surface area contributed by atoms with Crippen molar-refractivity contribution in [2.75, 3.05) is 13.7 Å². The smallest absolute Gasteiger partial charge is 0.356 e. The van der Waals surface area contributed by atoms with Crippen LogP contribution in [0.3, 0.4) is 0 Å². The van der Waals surface area contributed by atoms with E-state index in [9.17, 15) is 4.79 Å². The number of nitrogens with zero attached hydrogens (tertiary/aromatic N) is 1. The molecule has 124 valence electrons. The predicted molar refractivity (Wildman–Crippen MR) is 98.8 cm³/mol. The molecule has 1 heterocycles. The van der Waals surface area contributed by atoms with Crippen LogP contribution in [-0.4, -0.2) is 25.3 Å². The first-order valence-corrected chi connectivity index (χ1v) is 8.40. The first kappa shape index (κ1) is 15.6. The van der Waals surface area contributed by atoms with Crippen LogP contribution < -0.4 is 0 Å². The number of carbonyl (C=O) groups excluding carboxylic acids is 1. The molecular weight excluding hydrogens is 310 g/mol. The highest BCUT2D eigenvalue weighted by atomic mass is 16.5. The number of aliphatic imine (C=N–C) groups is 1. The van der Waals surface area contributed by atoms with E-state index in [1.54, 1.807) is 0 Å². The number of rotatable bonds is 3. The molecule has 0 saturated heterocycles. The Balaban J connectivity index is 1.80. The minimum atomic E-state index is -0.360. The van der Waals surface area contributed by atoms with Crippen LogP contribution in [0.2, 0.25) is 0 Å². The summed E-state index contributed by atoms with van der Waals surface area (Å²) in [4.78, 5) is 16.4. The zero-order valence-electron chi connectivity index (χ0n) is 14.1. The van der Waals surface area contributed by atoms with Gasteiger partial charge in [0.2, 0.25) is 0 Å². The Hall–Kier alpha value is -2.94. The summed E-state index contributed by atoms with van der Waals surface area (Å²) in [5, 5.41) is 0. The van der Waals surface area contributed by atoms with Crippen LogP contribution in [0.1, 0.15) is 17.5 Å². The van der Waals surface area contributed by atoms with Crippen molar-refractivity contribution in [1.82, 2.24) is 0 Å². The molecular formula is C22H19NO2. The monoisotopic (exact) mass is 329 g/mol. The van der Waals surface area contributed by atoms with Gasteiger partial charge in [-0.1, -0.05) is 72.8 Å². The Labute approximate surface area is 147 Å². The van der Waals surface area contributed by atoms with Gasteiger partial charge in [-0.05, 0) is 23.1 Å². The highest BCUT2D eigenvalue weighted by Gasteiger charge is 2.38. The molecule has 3 nitrogen and oxygen atoms in total. The molecule has 0 unspecified atom stereocenters. The summed E-state index contributed by atoms with van der Waals surface area (Å²) >= 11 is 0. The predicted octanol–water partition coefficient (Wildman–Crippen LogP) is 3.86. The van der Waals surface area contributed by atoms with Gasteiger partial charge in [-0.25, -0.2) is 4.79 Å². The molecule has 4 rings (SSSR count). The zero-order valence-corrected chi connectivity index (χ0v) is 14.1. The van der Waals surface area contributed by atoms with E-state index in [-0.39, 0.29) is 11.4 Å². The second-order valence-electron chi connectivity index (χ2n) is 6.39. The maximum atomic E-state index is 11.9. The third-order valence-corrected chi connectivity index (χ3v) is 5.05. The van der Waals surface area contributed by atoms with Crippen LogP contribution in [0.4, 0.5) is 0 Å². The molecule has 1 aliphatic carbocycles. The molecule has 0 bridgehead atoms. The molecule has 0 radical (unpaired) electrons. The summed E-state index contributed by atoms with van der Waals surface area (Å²) in [6.45, 7) is 0.561. The number of allylic oxidation sites excluding steroid dienone is 2. The lowest BCUT2D eigenvalue weighted by atomic mass is 9.67. The number of carbonyl (C=O) groups is 1. The lowest BCUT2D eigenvalue weighted by Gasteiger charge is -2.35. The molecule has 0 fully saturated rings. The third-order valence-electron chi connectivity index (χ3n) is 5.05. The molecule has 1 aliphatic heterocycles. The zero-order chi connectivity index (χ0) is 17.3. The van der Waals surface area contributed by atoms with Crippen molar-refractivity contribution >= 4 is 11.7 Å². The number of benzene rings is 2. The van der Waals surface area contributed by atoms with E-state index < -0.39 is 0 Å². The number of hydrogen-bond donors (Lipinski definition) is 0. The fraction of sp³-hybridized carbons (Fsp3) is 0.182. The number of esters is 1. The fourth-order valence-electron chi connectivity index (χ4n) is 3.79. The van der Waals surface area contributed by atoms with Crippen molar-refractivity contribution in [1.29, 1.82) is 0 Å². The summed E-state index contributed by atoms with van der Waals surface area (Å²) in [7, 11) is 1.40. The van der Waals surface area contributed by atoms with Crippen molar-refractivity contribution in [3.63, 3.8) is 0 Å². The minimum absolute atomic E-state index is 0.234. The van der Waals surface area contributed by atoms with Gasteiger partial charge in [0.25, 0.3) is 0 Å². The molecule has 0 spiro atoms. The molecule has 2 aromatic rings. The SMILES string of the molecule is COC(=O)C1=NCC2=C1C=CC(c1ccccc1)(c1ccccc1)C2. The molecule has 2 aliphatic rings. The number of ether oxygens (including phenoxy) is 1. The van der Waals surface area contributed by atoms with Crippen LogP contribution in [0.5, 0.6) is 0 Å². The standard InChI is InChI=1S/C22H19NO2/c1-25-21(24)20-19-12-13-22(14-16(19)15-23-20,17-8-4-2-5-9-17)18-10-6-3-7-11-18/h2-13H,14-15H2,1H3. The van der Waals surface area contributed by atoms with Gasteiger partial charge in [0.15, 0.2) is 5.71 Å². The Morgan fingerprint density at radius 3 is 2.16 bits per heavy atom. The second-order valence-corrected chi connectivity index (χ2v) is 6.39. The Bertz CT molecular complexity index is 853. The molecule has 0 amide bonds. The Kier molecular flexibility index (Phi) is 3.85. The summed E-state index contributed by atoms with van der Waals surface area (Å²) < 4.78 is 4.87. The largest absolute Gasteiger partial charge is 0.464 e. The number of methoxy groups -OCH3 is 1. The van der Waals surface area contributed by atoms with Gasteiger partial charge in [-0.15, -0.1) is 0 Å². The van der Waals surface area contributed by atoms with Gasteiger partial charge < -0.3 is 4.74 Å². The molecule has 25 heavy (non-hydrogen) atoms. The first-order valence-electron chi connectivity index (χ1n) is 8.40. The van der Waals surface area contributed by atoms with E-state index in [2.05, 4.69) is 59.6 Å². The topological polar surface area (TPSA) is 38.7 Å². The molecule has 0 atom stereocenters. The van der Waals surface area contributed by atoms with Crippen LogP contribution >= 0.6 is 0 Å². The summed E-state index contributed by atoms with van der Waals surface area (Å²) in [5.74, 6) is -0.360. The second kappa shape index (κ2) is 6.17. The molecule has 2 aromatic carbocycles. The van der Waals surface area contributed by atoms with Gasteiger partial charge in [0.05, 0.1) is 13.7 Å². The maximum Gasteiger partial charge on any atom is 0.356 e. The van der Waals surface area contributed by atoms with Gasteiger partial charge >= 0.3 is 5.97 Å². The lowest BCUT2D eigenvalue weighted by Crippen LogP contribution is -2.29. The molecule has 3 heteroatoms. The van der Waals surface area contributed by atoms with Crippen molar-refractivity contribution in [3.8, 4) is 0 Å². The minimum Gasteiger partial charge on any atom is -0.464 e. The van der Waals surface area contributed by atoms with Crippen molar-refractivity contribution in [2.24, 2.45) is 4.99 Å². The summed E-state index contributed by atoms with van der Waals surface area (Å²) in [6, 6.07) is 21.0. The molecule has 0 aromatic heterocycles. The van der Waals surface area contributed by atoms with Crippen LogP contribution in [0, 0.1) is 0 Å². The van der Waals surface area contributed by atoms with Crippen LogP contribution in [0.25, 0.3) is 0 Å². The van der Waals surface area contributed by atoms with E-state index in [1.165, 1.54) is 23.8 Å². The highest BCUT2D eigenvalue weighted by Crippen LogP contribution is 2.44. The van der Waals surface area contributed by atoms with E-state index in [0.29, 0.717) is 12.3 Å². The van der Waals surface area contributed by atoms with Gasteiger partial charge in [0, 0.05) is 11.0 Å². The Morgan fingerprint density at radius 2 is 1.60 bits per heavy atom. The highest BCUT2D eigenvalue weighted by molar-refractivity contribution is 6.45. The van der Waals surface area contributed by atoms with Crippen molar-refractivity contribution < 1.29 is 9.53 Å².